The van der Waals surface area contributed by atoms with E-state index in [9.17, 15) is 19.7 Å². The molecule has 25 heavy (non-hydrogen) atoms. The molecule has 0 spiro atoms. The van der Waals surface area contributed by atoms with Gasteiger partial charge < -0.3 is 4.74 Å². The van der Waals surface area contributed by atoms with Crippen molar-refractivity contribution in [3.8, 4) is 0 Å². The van der Waals surface area contributed by atoms with Crippen molar-refractivity contribution in [1.29, 1.82) is 0 Å². The first-order chi connectivity index (χ1) is 12.0. The molecule has 0 amide bonds. The number of thiocarbonyl (C=S) groups is 1. The number of hydrogen-bond donors (Lipinski definition) is 0. The maximum absolute atomic E-state index is 12.4. The number of esters is 2. The number of nitrogens with zero attached hydrogens (tertiary/aromatic N) is 1. The predicted octanol–water partition coefficient (Wildman–Crippen LogP) is 3.77. The van der Waals surface area contributed by atoms with Crippen LogP contribution in [0.1, 0.15) is 32.7 Å². The summed E-state index contributed by atoms with van der Waals surface area (Å²) >= 11 is 5.10. The quantitative estimate of drug-likeness (QED) is 0.269. The molecule has 0 saturated carbocycles. The molecule has 6 nitrogen and oxygen atoms in total. The lowest BCUT2D eigenvalue weighted by Crippen LogP contribution is -2.22. The summed E-state index contributed by atoms with van der Waals surface area (Å²) < 4.78 is 4.81. The second-order valence-electron chi connectivity index (χ2n) is 5.65. The standard InChI is InChI=1S/C18H9NO5S/c20-17-12-3-1-2-10-8-13(19(22)23)15(9-4-6-11(25)7-5-9)16(14(10)12)18(21)24-17/h1-6,8H,7H2. The average Bonchev–Trinajstić information content (AvgIpc) is 2.59. The van der Waals surface area contributed by atoms with E-state index in [0.717, 1.165) is 0 Å². The van der Waals surface area contributed by atoms with E-state index >= 15 is 0 Å². The number of hydrogen-bond acceptors (Lipinski definition) is 6. The molecule has 0 saturated heterocycles. The van der Waals surface area contributed by atoms with E-state index in [0.29, 0.717) is 27.6 Å². The molecule has 0 atom stereocenters. The van der Waals surface area contributed by atoms with Crippen LogP contribution >= 0.6 is 12.2 Å². The Morgan fingerprint density at radius 1 is 1.12 bits per heavy atom. The number of ether oxygens (including phenoxy) is 1. The Hall–Kier alpha value is -3.19. The molecule has 2 aromatic rings. The van der Waals surface area contributed by atoms with Gasteiger partial charge >= 0.3 is 11.9 Å². The van der Waals surface area contributed by atoms with E-state index in [1.54, 1.807) is 30.4 Å². The van der Waals surface area contributed by atoms with Gasteiger partial charge in [-0.05, 0) is 23.1 Å². The van der Waals surface area contributed by atoms with Gasteiger partial charge in [0.1, 0.15) is 0 Å². The minimum absolute atomic E-state index is 0.0446. The maximum Gasteiger partial charge on any atom is 0.347 e. The third kappa shape index (κ3) is 2.28. The second kappa shape index (κ2) is 5.42. The fraction of sp³-hybridized carbons (Fsp3) is 0.0556. The number of cyclic esters (lactones) is 2. The van der Waals surface area contributed by atoms with Crippen LogP contribution in [0.3, 0.4) is 0 Å². The summed E-state index contributed by atoms with van der Waals surface area (Å²) in [7, 11) is 0. The summed E-state index contributed by atoms with van der Waals surface area (Å²) in [6, 6.07) is 6.15. The van der Waals surface area contributed by atoms with Gasteiger partial charge in [0, 0.05) is 22.7 Å². The Balaban J connectivity index is 2.16. The number of allylic oxidation sites excluding steroid dienone is 4. The van der Waals surface area contributed by atoms with E-state index in [-0.39, 0.29) is 22.4 Å². The molecule has 2 aliphatic rings. The molecule has 4 rings (SSSR count). The van der Waals surface area contributed by atoms with Crippen LogP contribution in [0.25, 0.3) is 16.3 Å². The van der Waals surface area contributed by atoms with Crippen LogP contribution in [-0.4, -0.2) is 21.7 Å². The van der Waals surface area contributed by atoms with Crippen molar-refractivity contribution in [1.82, 2.24) is 0 Å². The zero-order valence-electron chi connectivity index (χ0n) is 12.6. The Morgan fingerprint density at radius 2 is 1.92 bits per heavy atom. The summed E-state index contributed by atoms with van der Waals surface area (Å²) in [6.45, 7) is 0. The van der Waals surface area contributed by atoms with Gasteiger partial charge in [-0.2, -0.15) is 0 Å². The Labute approximate surface area is 146 Å². The van der Waals surface area contributed by atoms with Crippen molar-refractivity contribution in [2.75, 3.05) is 0 Å². The molecule has 2 aromatic carbocycles. The lowest BCUT2D eigenvalue weighted by Gasteiger charge is -2.20. The van der Waals surface area contributed by atoms with Gasteiger partial charge in [0.2, 0.25) is 0 Å². The van der Waals surface area contributed by atoms with Crippen LogP contribution in [0.2, 0.25) is 0 Å². The summed E-state index contributed by atoms with van der Waals surface area (Å²) in [5, 5.41) is 12.5. The number of carbonyl (C=O) groups is 2. The van der Waals surface area contributed by atoms with Gasteiger partial charge in [0.05, 0.1) is 21.6 Å². The number of nitro benzene ring substituents is 1. The Kier molecular flexibility index (Phi) is 3.33. The second-order valence-corrected chi connectivity index (χ2v) is 6.17. The van der Waals surface area contributed by atoms with Crippen LogP contribution in [-0.2, 0) is 4.74 Å². The molecular weight excluding hydrogens is 342 g/mol. The molecule has 0 radical (unpaired) electrons. The monoisotopic (exact) mass is 351 g/mol. The third-order valence-corrected chi connectivity index (χ3v) is 4.51. The fourth-order valence-corrected chi connectivity index (χ4v) is 3.31. The fourth-order valence-electron chi connectivity index (χ4n) is 3.16. The van der Waals surface area contributed by atoms with Gasteiger partial charge in [-0.25, -0.2) is 9.59 Å². The average molecular weight is 351 g/mol. The summed E-state index contributed by atoms with van der Waals surface area (Å²) in [6.07, 6.45) is 5.50. The highest BCUT2D eigenvalue weighted by atomic mass is 32.1. The smallest absolute Gasteiger partial charge is 0.347 e. The first-order valence-corrected chi connectivity index (χ1v) is 7.80. The maximum atomic E-state index is 12.4. The minimum Gasteiger partial charge on any atom is -0.386 e. The molecular formula is C18H9NO5S. The molecule has 7 heteroatoms. The van der Waals surface area contributed by atoms with Crippen LogP contribution in [0.15, 0.2) is 42.5 Å². The van der Waals surface area contributed by atoms with E-state index in [2.05, 4.69) is 0 Å². The Morgan fingerprint density at radius 3 is 2.60 bits per heavy atom. The highest BCUT2D eigenvalue weighted by Gasteiger charge is 2.35. The van der Waals surface area contributed by atoms with Crippen molar-refractivity contribution < 1.29 is 19.2 Å². The molecule has 1 aliphatic carbocycles. The zero-order chi connectivity index (χ0) is 17.7. The number of nitro groups is 1. The molecule has 0 fully saturated rings. The van der Waals surface area contributed by atoms with E-state index in [4.69, 9.17) is 17.0 Å². The van der Waals surface area contributed by atoms with Crippen LogP contribution in [0.5, 0.6) is 0 Å². The predicted molar refractivity (Wildman–Crippen MR) is 94.7 cm³/mol. The first-order valence-electron chi connectivity index (χ1n) is 7.39. The molecule has 0 aromatic heterocycles. The zero-order valence-corrected chi connectivity index (χ0v) is 13.5. The molecule has 122 valence electrons. The summed E-state index contributed by atoms with van der Waals surface area (Å²) in [5.41, 5.74) is 0.719. The third-order valence-electron chi connectivity index (χ3n) is 4.21. The van der Waals surface area contributed by atoms with Crippen LogP contribution < -0.4 is 0 Å². The van der Waals surface area contributed by atoms with Gasteiger partial charge in [-0.3, -0.25) is 10.1 Å². The largest absolute Gasteiger partial charge is 0.386 e. The van der Waals surface area contributed by atoms with E-state index in [1.807, 2.05) is 0 Å². The lowest BCUT2D eigenvalue weighted by atomic mass is 9.87. The Bertz CT molecular complexity index is 1080. The number of rotatable bonds is 2. The van der Waals surface area contributed by atoms with Crippen molar-refractivity contribution in [2.24, 2.45) is 0 Å². The first kappa shape index (κ1) is 15.3. The van der Waals surface area contributed by atoms with Crippen molar-refractivity contribution in [2.45, 2.75) is 6.42 Å². The molecule has 0 unspecified atom stereocenters. The molecule has 0 N–H and O–H groups in total. The van der Waals surface area contributed by atoms with Gasteiger partial charge in [0.15, 0.2) is 0 Å². The van der Waals surface area contributed by atoms with Crippen LogP contribution in [0, 0.1) is 10.1 Å². The van der Waals surface area contributed by atoms with Gasteiger partial charge in [-0.1, -0.05) is 36.5 Å². The van der Waals surface area contributed by atoms with Crippen molar-refractivity contribution in [3.05, 3.63) is 69.3 Å². The topological polar surface area (TPSA) is 86.5 Å². The lowest BCUT2D eigenvalue weighted by molar-refractivity contribution is -0.385. The normalized spacial score (nSPS) is 16.0. The summed E-state index contributed by atoms with van der Waals surface area (Å²) in [5.74, 6) is -1.63. The van der Waals surface area contributed by atoms with E-state index < -0.39 is 16.9 Å². The minimum atomic E-state index is -0.880. The molecule has 1 aliphatic heterocycles. The molecule has 0 bridgehead atoms. The highest BCUT2D eigenvalue weighted by molar-refractivity contribution is 7.80. The number of benzene rings is 2. The number of carbonyl (C=O) groups excluding carboxylic acids is 2. The van der Waals surface area contributed by atoms with Crippen molar-refractivity contribution in [3.63, 3.8) is 0 Å². The molecule has 1 heterocycles. The van der Waals surface area contributed by atoms with E-state index in [1.165, 1.54) is 12.1 Å². The highest BCUT2D eigenvalue weighted by Crippen LogP contribution is 2.40. The van der Waals surface area contributed by atoms with Crippen LogP contribution in [0.4, 0.5) is 5.69 Å². The van der Waals surface area contributed by atoms with Gasteiger partial charge in [0.25, 0.3) is 5.69 Å². The van der Waals surface area contributed by atoms with Crippen molar-refractivity contribution >= 4 is 51.1 Å². The van der Waals surface area contributed by atoms with Gasteiger partial charge in [-0.15, -0.1) is 0 Å². The SMILES string of the molecule is O=C1OC(=O)c2c(C3=CCC(=S)C=C3)c([N+](=O)[O-])cc3cccc1c23. The summed E-state index contributed by atoms with van der Waals surface area (Å²) in [4.78, 5) is 36.2.